The fraction of sp³-hybridized carbons (Fsp3) is 0.400. The van der Waals surface area contributed by atoms with Crippen LogP contribution in [0.15, 0.2) is 91.0 Å². The molecule has 14 heteroatoms. The van der Waals surface area contributed by atoms with E-state index in [0.29, 0.717) is 15.9 Å². The summed E-state index contributed by atoms with van der Waals surface area (Å²) in [6.07, 6.45) is -10.8. The van der Waals surface area contributed by atoms with Gasteiger partial charge in [0.15, 0.2) is 0 Å². The molecule has 0 aliphatic heterocycles. The van der Waals surface area contributed by atoms with Gasteiger partial charge < -0.3 is 0 Å². The monoisotopic (exact) mass is 669 g/mol. The molecule has 246 valence electrons. The van der Waals surface area contributed by atoms with E-state index in [4.69, 9.17) is 0 Å². The molecule has 0 fully saturated rings. The fourth-order valence-corrected chi connectivity index (χ4v) is 8.48. The number of hydrogen-bond acceptors (Lipinski definition) is 0. The zero-order valence-electron chi connectivity index (χ0n) is 23.9. The Morgan fingerprint density at radius 2 is 0.682 bits per heavy atom. The number of hydrogen-bond donors (Lipinski definition) is 0. The minimum Gasteiger partial charge on any atom is -0.199 e. The predicted molar refractivity (Wildman–Crippen MR) is 148 cm³/mol. The zero-order valence-corrected chi connectivity index (χ0v) is 24.8. The molecule has 0 amide bonds. The Bertz CT molecular complexity index is 1160. The van der Waals surface area contributed by atoms with Crippen molar-refractivity contribution in [3.05, 3.63) is 91.0 Å². The van der Waals surface area contributed by atoms with Crippen molar-refractivity contribution in [2.45, 2.75) is 69.9 Å². The summed E-state index contributed by atoms with van der Waals surface area (Å²) in [5.74, 6) is -37.0. The van der Waals surface area contributed by atoms with Gasteiger partial charge in [-0.2, -0.15) is 57.1 Å². The average molecular weight is 670 g/mol. The summed E-state index contributed by atoms with van der Waals surface area (Å²) < 4.78 is 178. The van der Waals surface area contributed by atoms with Crippen molar-refractivity contribution in [3.63, 3.8) is 0 Å². The van der Waals surface area contributed by atoms with Crippen LogP contribution in [0.2, 0.25) is 0 Å². The van der Waals surface area contributed by atoms with E-state index in [2.05, 4.69) is 0 Å². The standard InChI is InChI=1S/C26H19F13P.2C2H6/c27-21(28,22(29,30)23(31,32)24(33,34)25(35,36)26(37,38)39)16-17-40(18-10-4-1-5-11-18,19-12-6-2-7-13-19)20-14-8-3-9-15-20;2*1-2/h1-15H,16-17H2;2*1-2H3/q+1;;. The summed E-state index contributed by atoms with van der Waals surface area (Å²) in [5, 5.41) is 0.895. The van der Waals surface area contributed by atoms with Crippen LogP contribution in [0.25, 0.3) is 0 Å². The maximum Gasteiger partial charge on any atom is 0.460 e. The molecule has 0 bridgehead atoms. The third-order valence-corrected chi connectivity index (χ3v) is 10.8. The first-order valence-electron chi connectivity index (χ1n) is 13.3. The minimum absolute atomic E-state index is 0.298. The molecule has 3 rings (SSSR count). The van der Waals surface area contributed by atoms with E-state index in [1.165, 1.54) is 72.8 Å². The molecule has 0 aliphatic rings. The third kappa shape index (κ3) is 6.87. The van der Waals surface area contributed by atoms with Gasteiger partial charge in [-0.1, -0.05) is 82.3 Å². The van der Waals surface area contributed by atoms with E-state index < -0.39 is 55.6 Å². The van der Waals surface area contributed by atoms with E-state index in [0.717, 1.165) is 0 Å². The maximum absolute atomic E-state index is 14.9. The Balaban J connectivity index is 0.00000232. The molecule has 0 spiro atoms. The van der Waals surface area contributed by atoms with Crippen molar-refractivity contribution in [3.8, 4) is 0 Å². The molecule has 3 aromatic carbocycles. The molecule has 0 atom stereocenters. The summed E-state index contributed by atoms with van der Waals surface area (Å²) >= 11 is 0. The van der Waals surface area contributed by atoms with Crippen molar-refractivity contribution < 1.29 is 57.1 Å². The van der Waals surface area contributed by atoms with Crippen LogP contribution in [0, 0.1) is 0 Å². The first kappa shape index (κ1) is 39.2. The van der Waals surface area contributed by atoms with Gasteiger partial charge in [0.25, 0.3) is 0 Å². The van der Waals surface area contributed by atoms with Crippen molar-refractivity contribution in [1.82, 2.24) is 0 Å². The van der Waals surface area contributed by atoms with E-state index in [1.54, 1.807) is 18.2 Å². The molecule has 0 aliphatic carbocycles. The van der Waals surface area contributed by atoms with Gasteiger partial charge in [0.2, 0.25) is 0 Å². The first-order valence-corrected chi connectivity index (χ1v) is 15.3. The van der Waals surface area contributed by atoms with E-state index >= 15 is 0 Å². The second-order valence-corrected chi connectivity index (χ2v) is 12.4. The van der Waals surface area contributed by atoms with Gasteiger partial charge in [0.05, 0.1) is 12.6 Å². The van der Waals surface area contributed by atoms with E-state index in [-0.39, 0.29) is 0 Å². The third-order valence-electron chi connectivity index (χ3n) is 6.35. The van der Waals surface area contributed by atoms with E-state index in [9.17, 15) is 57.1 Å². The molecule has 0 aromatic heterocycles. The summed E-state index contributed by atoms with van der Waals surface area (Å²) in [6, 6.07) is 22.3. The van der Waals surface area contributed by atoms with Gasteiger partial charge in [-0.3, -0.25) is 0 Å². The van der Waals surface area contributed by atoms with Crippen LogP contribution in [0.1, 0.15) is 34.1 Å². The summed E-state index contributed by atoms with van der Waals surface area (Å²) in [6.45, 7) is 8.00. The Morgan fingerprint density at radius 3 is 0.955 bits per heavy atom. The topological polar surface area (TPSA) is 0 Å². The molecule has 44 heavy (non-hydrogen) atoms. The minimum atomic E-state index is -7.92. The van der Waals surface area contributed by atoms with Gasteiger partial charge in [0, 0.05) is 0 Å². The quantitative estimate of drug-likeness (QED) is 0.149. The molecule has 0 heterocycles. The second-order valence-electron chi connectivity index (χ2n) is 8.79. The molecule has 3 aromatic rings. The molecule has 0 saturated carbocycles. The molecular formula is C30H31F13P+. The van der Waals surface area contributed by atoms with Crippen LogP contribution in [0.4, 0.5) is 57.1 Å². The highest BCUT2D eigenvalue weighted by molar-refractivity contribution is 7.95. The number of rotatable bonds is 10. The van der Waals surface area contributed by atoms with E-state index in [1.807, 2.05) is 27.7 Å². The van der Waals surface area contributed by atoms with Crippen LogP contribution in [-0.2, 0) is 0 Å². The predicted octanol–water partition coefficient (Wildman–Crippen LogP) is 10.2. The van der Waals surface area contributed by atoms with Crippen molar-refractivity contribution in [1.29, 1.82) is 0 Å². The van der Waals surface area contributed by atoms with Gasteiger partial charge in [-0.25, -0.2) is 0 Å². The zero-order chi connectivity index (χ0) is 34.3. The lowest BCUT2D eigenvalue weighted by Gasteiger charge is -2.40. The van der Waals surface area contributed by atoms with Gasteiger partial charge >= 0.3 is 35.8 Å². The Labute approximate surface area is 247 Å². The van der Waals surface area contributed by atoms with Gasteiger partial charge in [-0.05, 0) is 36.4 Å². The molecule has 0 unspecified atom stereocenters. The first-order chi connectivity index (χ1) is 20.3. The number of alkyl halides is 13. The largest absolute Gasteiger partial charge is 0.460 e. The van der Waals surface area contributed by atoms with Crippen LogP contribution < -0.4 is 15.9 Å². The Kier molecular flexibility index (Phi) is 12.9. The smallest absolute Gasteiger partial charge is 0.199 e. The van der Waals surface area contributed by atoms with Crippen molar-refractivity contribution in [2.75, 3.05) is 6.16 Å². The molecule has 0 N–H and O–H groups in total. The highest BCUT2D eigenvalue weighted by Gasteiger charge is 2.90. The van der Waals surface area contributed by atoms with Crippen LogP contribution >= 0.6 is 7.26 Å². The Hall–Kier alpha value is -2.82. The van der Waals surface area contributed by atoms with Crippen LogP contribution in [0.3, 0.4) is 0 Å². The molecular weight excluding hydrogens is 638 g/mol. The highest BCUT2D eigenvalue weighted by atomic mass is 31.2. The second kappa shape index (κ2) is 14.5. The van der Waals surface area contributed by atoms with Gasteiger partial charge in [-0.15, -0.1) is 0 Å². The summed E-state index contributed by atoms with van der Waals surface area (Å²) in [4.78, 5) is 0. The van der Waals surface area contributed by atoms with Crippen molar-refractivity contribution in [2.24, 2.45) is 0 Å². The average Bonchev–Trinajstić information content (AvgIpc) is 3.00. The lowest BCUT2D eigenvalue weighted by molar-refractivity contribution is -0.439. The molecule has 0 nitrogen and oxygen atoms in total. The Morgan fingerprint density at radius 1 is 0.409 bits per heavy atom. The van der Waals surface area contributed by atoms with Crippen LogP contribution in [0.5, 0.6) is 0 Å². The molecule has 0 saturated heterocycles. The summed E-state index contributed by atoms with van der Waals surface area (Å²) in [7, 11) is -3.45. The summed E-state index contributed by atoms with van der Waals surface area (Å²) in [5.41, 5.74) is 0. The normalized spacial score (nSPS) is 13.3. The lowest BCUT2D eigenvalue weighted by Crippen LogP contribution is -2.70. The maximum atomic E-state index is 14.9. The number of halogens is 13. The highest BCUT2D eigenvalue weighted by Crippen LogP contribution is 2.63. The fourth-order valence-electron chi connectivity index (χ4n) is 4.15. The van der Waals surface area contributed by atoms with Crippen molar-refractivity contribution >= 4 is 23.2 Å². The van der Waals surface area contributed by atoms with Crippen LogP contribution in [-0.4, -0.2) is 42.0 Å². The molecule has 0 radical (unpaired) electrons. The SMILES string of the molecule is CC.CC.FC(F)(F)C(F)(F)C(F)(F)C(F)(F)C(F)(F)C(F)(F)CC[P+](c1ccccc1)(c1ccccc1)c1ccccc1. The number of benzene rings is 3. The van der Waals surface area contributed by atoms with Gasteiger partial charge in [0.1, 0.15) is 23.2 Å². The lowest BCUT2D eigenvalue weighted by atomic mass is 9.93.